The maximum Gasteiger partial charge on any atom is 0.256 e. The van der Waals surface area contributed by atoms with Crippen molar-refractivity contribution in [2.24, 2.45) is 5.92 Å². The quantitative estimate of drug-likeness (QED) is 0.430. The molecule has 0 bridgehead atoms. The summed E-state index contributed by atoms with van der Waals surface area (Å²) in [5.74, 6) is 11.0. The summed E-state index contributed by atoms with van der Waals surface area (Å²) in [6.07, 6.45) is 10.2. The first-order valence-electron chi connectivity index (χ1n) is 13.2. The fourth-order valence-electron chi connectivity index (χ4n) is 4.71. The van der Waals surface area contributed by atoms with Crippen LogP contribution in [0.1, 0.15) is 44.6 Å². The van der Waals surface area contributed by atoms with Crippen LogP contribution in [0.15, 0.2) is 36.9 Å². The fraction of sp³-hybridized carbons (Fsp3) is 0.481. The van der Waals surface area contributed by atoms with Crippen LogP contribution in [0, 0.1) is 17.8 Å². The summed E-state index contributed by atoms with van der Waals surface area (Å²) in [6, 6.07) is 3.72. The van der Waals surface area contributed by atoms with Gasteiger partial charge in [0.25, 0.3) is 10.0 Å². The highest BCUT2D eigenvalue weighted by Crippen LogP contribution is 2.32. The molecule has 2 saturated heterocycles. The Bertz CT molecular complexity index is 1520. The highest BCUT2D eigenvalue weighted by molar-refractivity contribution is 7.99. The molecule has 0 amide bonds. The first kappa shape index (κ1) is 26.1. The number of thioether (sulfide) groups is 1. The number of piperidine rings is 1. The molecule has 3 aromatic rings. The van der Waals surface area contributed by atoms with E-state index in [0.29, 0.717) is 54.6 Å². The Kier molecular flexibility index (Phi) is 6.99. The fourth-order valence-corrected chi connectivity index (χ4v) is 7.33. The third-order valence-corrected chi connectivity index (χ3v) is 10.5. The Morgan fingerprint density at radius 2 is 1.97 bits per heavy atom. The first-order valence-corrected chi connectivity index (χ1v) is 15.9. The molecule has 12 heteroatoms. The van der Waals surface area contributed by atoms with Gasteiger partial charge >= 0.3 is 0 Å². The van der Waals surface area contributed by atoms with Gasteiger partial charge in [-0.1, -0.05) is 11.8 Å². The van der Waals surface area contributed by atoms with Crippen molar-refractivity contribution in [2.45, 2.75) is 49.9 Å². The number of nitrogens with zero attached hydrogens (tertiary/aromatic N) is 6. The molecule has 3 aromatic heterocycles. The van der Waals surface area contributed by atoms with Gasteiger partial charge in [0.05, 0.1) is 40.1 Å². The molecule has 1 unspecified atom stereocenters. The van der Waals surface area contributed by atoms with Crippen molar-refractivity contribution in [1.29, 1.82) is 0 Å². The van der Waals surface area contributed by atoms with Crippen molar-refractivity contribution in [3.05, 3.63) is 42.5 Å². The zero-order valence-electron chi connectivity index (χ0n) is 21.7. The largest absolute Gasteiger partial charge is 0.390 e. The lowest BCUT2D eigenvalue weighted by Gasteiger charge is -2.37. The van der Waals surface area contributed by atoms with Gasteiger partial charge in [0, 0.05) is 43.2 Å². The third kappa shape index (κ3) is 5.90. The number of hydrogen-bond acceptors (Lipinski definition) is 10. The van der Waals surface area contributed by atoms with E-state index >= 15 is 0 Å². The number of nitrogens with one attached hydrogen (secondary N) is 1. The summed E-state index contributed by atoms with van der Waals surface area (Å²) in [4.78, 5) is 15.8. The normalized spacial score (nSPS) is 20.9. The second kappa shape index (κ2) is 10.4. The number of aliphatic hydroxyl groups is 1. The van der Waals surface area contributed by atoms with Gasteiger partial charge in [-0.2, -0.15) is 20.9 Å². The predicted octanol–water partition coefficient (Wildman–Crippen LogP) is 3.27. The summed E-state index contributed by atoms with van der Waals surface area (Å²) < 4.78 is 26.0. The molecule has 1 saturated carbocycles. The van der Waals surface area contributed by atoms with Crippen molar-refractivity contribution in [3.63, 3.8) is 0 Å². The molecule has 6 rings (SSSR count). The van der Waals surface area contributed by atoms with Crippen molar-refractivity contribution in [2.75, 3.05) is 34.8 Å². The van der Waals surface area contributed by atoms with Gasteiger partial charge in [0.1, 0.15) is 11.6 Å². The highest BCUT2D eigenvalue weighted by atomic mass is 32.2. The lowest BCUT2D eigenvalue weighted by Crippen LogP contribution is -2.42. The van der Waals surface area contributed by atoms with E-state index in [0.717, 1.165) is 46.4 Å². The van der Waals surface area contributed by atoms with Gasteiger partial charge in [0.2, 0.25) is 0 Å². The third-order valence-electron chi connectivity index (χ3n) is 7.34. The number of pyridine rings is 1. The van der Waals surface area contributed by atoms with Crippen LogP contribution in [0.25, 0.3) is 11.4 Å². The molecule has 1 atom stereocenters. The number of rotatable bonds is 6. The standard InChI is InChI=1S/C27H31N7O3S2/c1-27(35)8-11-33(12-9-27)23-14-25(29-15-20(23)3-2-19-7-13-38-18-19)31-24-6-10-28-26(32-24)21-16-30-34(17-21)39(36,37)22-4-5-22/h6,10,14-17,19,22,35H,4-5,7-9,11-13,18H2,1H3,(H,28,29,31,32). The molecule has 2 aliphatic heterocycles. The SMILES string of the molecule is CC1(O)CCN(c2cc(Nc3ccnc(-c4cnn(S(=O)(=O)C5CC5)c4)n3)ncc2C#CC2CCSC2)CC1. The second-order valence-corrected chi connectivity index (χ2v) is 13.9. The van der Waals surface area contributed by atoms with E-state index in [1.807, 2.05) is 24.8 Å². The van der Waals surface area contributed by atoms with E-state index in [9.17, 15) is 13.5 Å². The average molecular weight is 566 g/mol. The van der Waals surface area contributed by atoms with Crippen molar-refractivity contribution >= 4 is 39.1 Å². The first-order chi connectivity index (χ1) is 18.8. The zero-order chi connectivity index (χ0) is 27.0. The van der Waals surface area contributed by atoms with E-state index in [2.05, 4.69) is 42.1 Å². The van der Waals surface area contributed by atoms with E-state index in [4.69, 9.17) is 0 Å². The minimum Gasteiger partial charge on any atom is -0.390 e. The topological polar surface area (TPSA) is 126 Å². The highest BCUT2D eigenvalue weighted by Gasteiger charge is 2.37. The summed E-state index contributed by atoms with van der Waals surface area (Å²) in [5.41, 5.74) is 1.74. The Balaban J connectivity index is 1.25. The maximum absolute atomic E-state index is 12.5. The van der Waals surface area contributed by atoms with Gasteiger partial charge in [-0.3, -0.25) is 0 Å². The lowest BCUT2D eigenvalue weighted by molar-refractivity contribution is 0.0351. The van der Waals surface area contributed by atoms with Gasteiger partial charge in [0.15, 0.2) is 5.82 Å². The predicted molar refractivity (Wildman–Crippen MR) is 152 cm³/mol. The number of aromatic nitrogens is 5. The molecule has 5 heterocycles. The molecule has 204 valence electrons. The van der Waals surface area contributed by atoms with Crippen LogP contribution in [-0.2, 0) is 10.0 Å². The van der Waals surface area contributed by atoms with Gasteiger partial charge < -0.3 is 15.3 Å². The maximum atomic E-state index is 12.5. The summed E-state index contributed by atoms with van der Waals surface area (Å²) in [5, 5.41) is 17.4. The van der Waals surface area contributed by atoms with Crippen molar-refractivity contribution in [3.8, 4) is 23.2 Å². The van der Waals surface area contributed by atoms with Crippen LogP contribution in [0.3, 0.4) is 0 Å². The molecule has 10 nitrogen and oxygen atoms in total. The van der Waals surface area contributed by atoms with Crippen LogP contribution >= 0.6 is 11.8 Å². The molecule has 3 aliphatic rings. The van der Waals surface area contributed by atoms with Gasteiger partial charge in [-0.25, -0.2) is 23.4 Å². The van der Waals surface area contributed by atoms with Crippen LogP contribution in [0.2, 0.25) is 0 Å². The van der Waals surface area contributed by atoms with Gasteiger partial charge in [-0.05, 0) is 50.8 Å². The molecule has 3 fully saturated rings. The Morgan fingerprint density at radius 1 is 1.15 bits per heavy atom. The molecule has 2 N–H and O–H groups in total. The lowest BCUT2D eigenvalue weighted by atomic mass is 9.93. The second-order valence-electron chi connectivity index (χ2n) is 10.6. The van der Waals surface area contributed by atoms with Gasteiger partial charge in [-0.15, -0.1) is 0 Å². The van der Waals surface area contributed by atoms with Crippen LogP contribution < -0.4 is 10.2 Å². The van der Waals surface area contributed by atoms with E-state index in [1.165, 1.54) is 12.4 Å². The molecule has 1 aliphatic carbocycles. The Morgan fingerprint density at radius 3 is 2.72 bits per heavy atom. The van der Waals surface area contributed by atoms with Crippen molar-refractivity contribution < 1.29 is 13.5 Å². The molecular formula is C27H31N7O3S2. The molecule has 0 spiro atoms. The van der Waals surface area contributed by atoms with Crippen molar-refractivity contribution in [1.82, 2.24) is 24.1 Å². The number of hydrogen-bond donors (Lipinski definition) is 2. The summed E-state index contributed by atoms with van der Waals surface area (Å²) >= 11 is 1.95. The van der Waals surface area contributed by atoms with E-state index in [1.54, 1.807) is 18.5 Å². The zero-order valence-corrected chi connectivity index (χ0v) is 23.4. The van der Waals surface area contributed by atoms with Crippen LogP contribution in [0.4, 0.5) is 17.3 Å². The van der Waals surface area contributed by atoms with E-state index in [-0.39, 0.29) is 5.25 Å². The average Bonchev–Trinajstić information content (AvgIpc) is 3.43. The van der Waals surface area contributed by atoms with Crippen LogP contribution in [-0.4, -0.2) is 73.1 Å². The van der Waals surface area contributed by atoms with Crippen LogP contribution in [0.5, 0.6) is 0 Å². The van der Waals surface area contributed by atoms with E-state index < -0.39 is 15.6 Å². The summed E-state index contributed by atoms with van der Waals surface area (Å²) in [7, 11) is -3.46. The minimum atomic E-state index is -3.46. The molecular weight excluding hydrogens is 534 g/mol. The molecule has 0 radical (unpaired) electrons. The minimum absolute atomic E-state index is 0.352. The molecule has 39 heavy (non-hydrogen) atoms. The number of anilines is 3. The Labute approximate surface area is 232 Å². The monoisotopic (exact) mass is 565 g/mol. The smallest absolute Gasteiger partial charge is 0.256 e. The Hall–Kier alpha value is -3.14. The molecule has 0 aromatic carbocycles. The summed E-state index contributed by atoms with van der Waals surface area (Å²) in [6.45, 7) is 3.35.